The fraction of sp³-hybridized carbons (Fsp3) is 1.00. The van der Waals surface area contributed by atoms with Gasteiger partial charge in [-0.2, -0.15) is 0 Å². The average Bonchev–Trinajstić information content (AvgIpc) is 2.02. The van der Waals surface area contributed by atoms with Crippen LogP contribution in [0, 0.1) is 0 Å². The van der Waals surface area contributed by atoms with Crippen molar-refractivity contribution in [3.05, 3.63) is 0 Å². The molecule has 0 aliphatic carbocycles. The van der Waals surface area contributed by atoms with Gasteiger partial charge in [-0.3, -0.25) is 0 Å². The zero-order chi connectivity index (χ0) is 8.81. The van der Waals surface area contributed by atoms with Crippen LogP contribution in [0.2, 0.25) is 0 Å². The Morgan fingerprint density at radius 2 is 2.00 bits per heavy atom. The highest BCUT2D eigenvalue weighted by Gasteiger charge is 2.17. The van der Waals surface area contributed by atoms with Crippen molar-refractivity contribution in [2.75, 3.05) is 33.9 Å². The molecule has 0 spiro atoms. The predicted molar refractivity (Wildman–Crippen MR) is 45.0 cm³/mol. The number of hydrogen-bond donors (Lipinski definition) is 1. The maximum absolute atomic E-state index is 5.49. The van der Waals surface area contributed by atoms with Crippen LogP contribution in [-0.4, -0.2) is 46.3 Å². The molecule has 0 unspecified atom stereocenters. The first-order valence-electron chi connectivity index (χ1n) is 4.24. The number of ether oxygens (including phenoxy) is 3. The van der Waals surface area contributed by atoms with Gasteiger partial charge in [-0.05, 0) is 0 Å². The topological polar surface area (TPSA) is 39.7 Å². The van der Waals surface area contributed by atoms with E-state index in [1.54, 1.807) is 14.2 Å². The van der Waals surface area contributed by atoms with Crippen molar-refractivity contribution in [2.45, 2.75) is 18.8 Å². The number of hydrogen-bond acceptors (Lipinski definition) is 4. The summed E-state index contributed by atoms with van der Waals surface area (Å²) in [5.41, 5.74) is 0. The number of nitrogens with one attached hydrogen (secondary N) is 1. The minimum absolute atomic E-state index is 0.127. The summed E-state index contributed by atoms with van der Waals surface area (Å²) in [7, 11) is 3.28. The molecule has 1 saturated heterocycles. The fourth-order valence-corrected chi connectivity index (χ4v) is 1.04. The molecule has 0 amide bonds. The van der Waals surface area contributed by atoms with Crippen molar-refractivity contribution in [3.63, 3.8) is 0 Å². The quantitative estimate of drug-likeness (QED) is 0.576. The van der Waals surface area contributed by atoms with Gasteiger partial charge < -0.3 is 19.5 Å². The van der Waals surface area contributed by atoms with Crippen LogP contribution in [0.25, 0.3) is 0 Å². The molecule has 1 heterocycles. The average molecular weight is 175 g/mol. The first kappa shape index (κ1) is 9.92. The highest BCUT2D eigenvalue weighted by atomic mass is 16.7. The van der Waals surface area contributed by atoms with Gasteiger partial charge in [-0.25, -0.2) is 0 Å². The first-order chi connectivity index (χ1) is 5.86. The molecular formula is C8H17NO3. The van der Waals surface area contributed by atoms with Crippen molar-refractivity contribution < 1.29 is 14.2 Å². The van der Waals surface area contributed by atoms with E-state index in [0.717, 1.165) is 19.5 Å². The molecule has 0 atom stereocenters. The standard InChI is InChI=1S/C8H17NO3/c1-10-8(11-2)3-4-12-7-5-9-6-7/h7-9H,3-6H2,1-2H3. The molecule has 1 aliphatic rings. The van der Waals surface area contributed by atoms with Crippen LogP contribution in [-0.2, 0) is 14.2 Å². The minimum atomic E-state index is -0.127. The third-order valence-electron chi connectivity index (χ3n) is 1.98. The normalized spacial score (nSPS) is 18.2. The molecule has 0 aromatic carbocycles. The Morgan fingerprint density at radius 3 is 2.42 bits per heavy atom. The molecule has 0 radical (unpaired) electrons. The maximum atomic E-state index is 5.49. The molecule has 1 N–H and O–H groups in total. The second-order valence-corrected chi connectivity index (χ2v) is 2.84. The van der Waals surface area contributed by atoms with Crippen LogP contribution in [0.4, 0.5) is 0 Å². The Labute approximate surface area is 73.2 Å². The van der Waals surface area contributed by atoms with Gasteiger partial charge in [0.25, 0.3) is 0 Å². The smallest absolute Gasteiger partial charge is 0.159 e. The Kier molecular flexibility index (Phi) is 4.53. The van der Waals surface area contributed by atoms with Crippen LogP contribution in [0.3, 0.4) is 0 Å². The van der Waals surface area contributed by atoms with E-state index in [9.17, 15) is 0 Å². The lowest BCUT2D eigenvalue weighted by atomic mass is 10.2. The van der Waals surface area contributed by atoms with Gasteiger partial charge in [0.2, 0.25) is 0 Å². The van der Waals surface area contributed by atoms with Gasteiger partial charge >= 0.3 is 0 Å². The summed E-state index contributed by atoms with van der Waals surface area (Å²) < 4.78 is 15.5. The van der Waals surface area contributed by atoms with Gasteiger partial charge in [0.1, 0.15) is 0 Å². The van der Waals surface area contributed by atoms with Crippen LogP contribution in [0.15, 0.2) is 0 Å². The van der Waals surface area contributed by atoms with E-state index in [-0.39, 0.29) is 6.29 Å². The number of methoxy groups -OCH3 is 2. The summed E-state index contributed by atoms with van der Waals surface area (Å²) in [5, 5.41) is 3.14. The second kappa shape index (κ2) is 5.48. The second-order valence-electron chi connectivity index (χ2n) is 2.84. The van der Waals surface area contributed by atoms with Crippen LogP contribution < -0.4 is 5.32 Å². The Bertz CT molecular complexity index is 113. The molecule has 72 valence electrons. The molecule has 4 heteroatoms. The summed E-state index contributed by atoms with van der Waals surface area (Å²) in [5.74, 6) is 0. The summed E-state index contributed by atoms with van der Waals surface area (Å²) in [6.45, 7) is 2.66. The SMILES string of the molecule is COC(CCOC1CNC1)OC. The van der Waals surface area contributed by atoms with Gasteiger partial charge in [0.15, 0.2) is 6.29 Å². The molecular weight excluding hydrogens is 158 g/mol. The van der Waals surface area contributed by atoms with Crippen molar-refractivity contribution in [3.8, 4) is 0 Å². The van der Waals surface area contributed by atoms with Crippen LogP contribution >= 0.6 is 0 Å². The Morgan fingerprint density at radius 1 is 1.33 bits per heavy atom. The molecule has 1 fully saturated rings. The van der Waals surface area contributed by atoms with E-state index in [4.69, 9.17) is 14.2 Å². The molecule has 4 nitrogen and oxygen atoms in total. The van der Waals surface area contributed by atoms with E-state index in [0.29, 0.717) is 12.7 Å². The third-order valence-corrected chi connectivity index (χ3v) is 1.98. The van der Waals surface area contributed by atoms with E-state index >= 15 is 0 Å². The molecule has 0 aromatic heterocycles. The summed E-state index contributed by atoms with van der Waals surface area (Å²) in [6.07, 6.45) is 1.07. The van der Waals surface area contributed by atoms with Gasteiger partial charge in [-0.1, -0.05) is 0 Å². The Balaban J connectivity index is 1.92. The lowest BCUT2D eigenvalue weighted by molar-refractivity contribution is -0.121. The first-order valence-corrected chi connectivity index (χ1v) is 4.24. The van der Waals surface area contributed by atoms with E-state index in [1.807, 2.05) is 0 Å². The predicted octanol–water partition coefficient (Wildman–Crippen LogP) is -0.0162. The van der Waals surface area contributed by atoms with Crippen LogP contribution in [0.5, 0.6) is 0 Å². The van der Waals surface area contributed by atoms with Crippen LogP contribution in [0.1, 0.15) is 6.42 Å². The maximum Gasteiger partial charge on any atom is 0.159 e. The molecule has 12 heavy (non-hydrogen) atoms. The summed E-state index contributed by atoms with van der Waals surface area (Å²) in [6, 6.07) is 0. The van der Waals surface area contributed by atoms with E-state index in [1.165, 1.54) is 0 Å². The minimum Gasteiger partial charge on any atom is -0.375 e. The number of rotatable bonds is 6. The monoisotopic (exact) mass is 175 g/mol. The van der Waals surface area contributed by atoms with E-state index in [2.05, 4.69) is 5.32 Å². The molecule has 0 aromatic rings. The van der Waals surface area contributed by atoms with Gasteiger partial charge in [0.05, 0.1) is 12.7 Å². The van der Waals surface area contributed by atoms with Crippen molar-refractivity contribution in [1.82, 2.24) is 5.32 Å². The lowest BCUT2D eigenvalue weighted by Gasteiger charge is -2.27. The summed E-state index contributed by atoms with van der Waals surface area (Å²) in [4.78, 5) is 0. The fourth-order valence-electron chi connectivity index (χ4n) is 1.04. The van der Waals surface area contributed by atoms with Crippen molar-refractivity contribution >= 4 is 0 Å². The largest absolute Gasteiger partial charge is 0.375 e. The zero-order valence-corrected chi connectivity index (χ0v) is 7.71. The highest BCUT2D eigenvalue weighted by Crippen LogP contribution is 2.02. The Hall–Kier alpha value is -0.160. The van der Waals surface area contributed by atoms with Gasteiger partial charge in [0, 0.05) is 33.7 Å². The summed E-state index contributed by atoms with van der Waals surface area (Å²) >= 11 is 0. The molecule has 0 bridgehead atoms. The highest BCUT2D eigenvalue weighted by molar-refractivity contribution is 4.74. The zero-order valence-electron chi connectivity index (χ0n) is 7.71. The third kappa shape index (κ3) is 3.06. The van der Waals surface area contributed by atoms with Crippen molar-refractivity contribution in [2.24, 2.45) is 0 Å². The van der Waals surface area contributed by atoms with Gasteiger partial charge in [-0.15, -0.1) is 0 Å². The molecule has 1 aliphatic heterocycles. The molecule has 0 saturated carbocycles. The lowest BCUT2D eigenvalue weighted by Crippen LogP contribution is -2.48. The molecule has 1 rings (SSSR count). The van der Waals surface area contributed by atoms with E-state index < -0.39 is 0 Å². The van der Waals surface area contributed by atoms with Crippen molar-refractivity contribution in [1.29, 1.82) is 0 Å².